The van der Waals surface area contributed by atoms with Crippen molar-refractivity contribution in [2.75, 3.05) is 6.54 Å². The summed E-state index contributed by atoms with van der Waals surface area (Å²) in [6.07, 6.45) is 4.19. The van der Waals surface area contributed by atoms with Crippen LogP contribution in [0.5, 0.6) is 0 Å². The van der Waals surface area contributed by atoms with E-state index in [-0.39, 0.29) is 23.0 Å². The van der Waals surface area contributed by atoms with E-state index in [2.05, 4.69) is 20.8 Å². The molecule has 94 valence electrons. The van der Waals surface area contributed by atoms with Crippen LogP contribution in [0.2, 0.25) is 0 Å². The molecule has 3 heteroatoms. The third kappa shape index (κ3) is 2.01. The molecule has 0 spiro atoms. The molecule has 0 saturated carbocycles. The Kier molecular flexibility index (Phi) is 3.06. The third-order valence-electron chi connectivity index (χ3n) is 4.21. The van der Waals surface area contributed by atoms with E-state index in [1.807, 2.05) is 0 Å². The molecule has 3 nitrogen and oxygen atoms in total. The van der Waals surface area contributed by atoms with Crippen LogP contribution in [0.15, 0.2) is 0 Å². The van der Waals surface area contributed by atoms with Gasteiger partial charge in [0.15, 0.2) is 0 Å². The molecule has 2 fully saturated rings. The highest BCUT2D eigenvalue weighted by atomic mass is 16.5. The molecule has 4 unspecified atom stereocenters. The predicted molar refractivity (Wildman–Crippen MR) is 64.1 cm³/mol. The van der Waals surface area contributed by atoms with Crippen molar-refractivity contribution in [3.05, 3.63) is 0 Å². The number of hydrogen-bond acceptors (Lipinski definition) is 3. The minimum atomic E-state index is -0.326. The van der Waals surface area contributed by atoms with Crippen LogP contribution in [0.25, 0.3) is 0 Å². The highest BCUT2D eigenvalue weighted by Crippen LogP contribution is 2.50. The molecule has 16 heavy (non-hydrogen) atoms. The van der Waals surface area contributed by atoms with Gasteiger partial charge in [0.1, 0.15) is 0 Å². The van der Waals surface area contributed by atoms with Gasteiger partial charge in [-0.3, -0.25) is 0 Å². The van der Waals surface area contributed by atoms with E-state index in [9.17, 15) is 5.11 Å². The molecule has 4 atom stereocenters. The highest BCUT2D eigenvalue weighted by molar-refractivity contribution is 5.05. The summed E-state index contributed by atoms with van der Waals surface area (Å²) in [6.45, 7) is 7.03. The number of aliphatic hydroxyl groups is 1. The Morgan fingerprint density at radius 1 is 1.44 bits per heavy atom. The van der Waals surface area contributed by atoms with Gasteiger partial charge in [-0.2, -0.15) is 0 Å². The number of rotatable bonds is 3. The van der Waals surface area contributed by atoms with E-state index in [1.165, 1.54) is 0 Å². The second kappa shape index (κ2) is 3.97. The van der Waals surface area contributed by atoms with Gasteiger partial charge in [-0.05, 0) is 31.1 Å². The van der Waals surface area contributed by atoms with E-state index >= 15 is 0 Å². The van der Waals surface area contributed by atoms with Crippen molar-refractivity contribution in [2.24, 2.45) is 16.6 Å². The van der Waals surface area contributed by atoms with Crippen molar-refractivity contribution in [3.63, 3.8) is 0 Å². The molecule has 0 aromatic rings. The summed E-state index contributed by atoms with van der Waals surface area (Å²) >= 11 is 0. The third-order valence-corrected chi connectivity index (χ3v) is 4.21. The standard InChI is InChI=1S/C13H25NO2/c1-12(2,3)7-10(15)13(8-14)6-9-4-5-11(13)16-9/h9-11,15H,4-8,14H2,1-3H3. The van der Waals surface area contributed by atoms with E-state index in [1.54, 1.807) is 0 Å². The Balaban J connectivity index is 2.10. The second-order valence-electron chi connectivity index (χ2n) is 6.75. The molecule has 2 aliphatic heterocycles. The zero-order chi connectivity index (χ0) is 12.0. The van der Waals surface area contributed by atoms with Crippen molar-refractivity contribution >= 4 is 0 Å². The molecule has 0 radical (unpaired) electrons. The minimum Gasteiger partial charge on any atom is -0.392 e. The van der Waals surface area contributed by atoms with Gasteiger partial charge in [0.25, 0.3) is 0 Å². The summed E-state index contributed by atoms with van der Waals surface area (Å²) in [6, 6.07) is 0. The molecule has 2 saturated heterocycles. The Bertz CT molecular complexity index is 261. The quantitative estimate of drug-likeness (QED) is 0.771. The van der Waals surface area contributed by atoms with Crippen LogP contribution in [0.1, 0.15) is 46.5 Å². The largest absolute Gasteiger partial charge is 0.392 e. The lowest BCUT2D eigenvalue weighted by Crippen LogP contribution is -2.50. The Hall–Kier alpha value is -0.120. The normalized spacial score (nSPS) is 40.3. The molecule has 2 rings (SSSR count). The molecule has 0 amide bonds. The van der Waals surface area contributed by atoms with Gasteiger partial charge in [-0.1, -0.05) is 20.8 Å². The smallest absolute Gasteiger partial charge is 0.0673 e. The van der Waals surface area contributed by atoms with E-state index < -0.39 is 0 Å². The predicted octanol–water partition coefficient (Wildman–Crippen LogP) is 1.68. The molecule has 2 bridgehead atoms. The van der Waals surface area contributed by atoms with Crippen molar-refractivity contribution in [3.8, 4) is 0 Å². The molecule has 3 N–H and O–H groups in total. The van der Waals surface area contributed by atoms with Crippen molar-refractivity contribution < 1.29 is 9.84 Å². The van der Waals surface area contributed by atoms with Gasteiger partial charge in [-0.25, -0.2) is 0 Å². The summed E-state index contributed by atoms with van der Waals surface area (Å²) in [7, 11) is 0. The van der Waals surface area contributed by atoms with Gasteiger partial charge in [0, 0.05) is 12.0 Å². The van der Waals surface area contributed by atoms with Gasteiger partial charge in [0.05, 0.1) is 18.3 Å². The summed E-state index contributed by atoms with van der Waals surface area (Å²) in [5.74, 6) is 0. The summed E-state index contributed by atoms with van der Waals surface area (Å²) in [5, 5.41) is 10.5. The number of hydrogen-bond donors (Lipinski definition) is 2. The number of fused-ring (bicyclic) bond motifs is 2. The zero-order valence-corrected chi connectivity index (χ0v) is 10.7. The van der Waals surface area contributed by atoms with E-state index in [0.717, 1.165) is 25.7 Å². The molecular weight excluding hydrogens is 202 g/mol. The fraction of sp³-hybridized carbons (Fsp3) is 1.00. The maximum atomic E-state index is 10.5. The molecule has 2 heterocycles. The Labute approximate surface area is 98.4 Å². The first-order valence-electron chi connectivity index (χ1n) is 6.41. The highest BCUT2D eigenvalue weighted by Gasteiger charge is 2.55. The number of aliphatic hydroxyl groups excluding tert-OH is 1. The van der Waals surface area contributed by atoms with Crippen LogP contribution in [-0.2, 0) is 4.74 Å². The Morgan fingerprint density at radius 2 is 2.12 bits per heavy atom. The van der Waals surface area contributed by atoms with Gasteiger partial charge >= 0.3 is 0 Å². The number of nitrogens with two attached hydrogens (primary N) is 1. The fourth-order valence-electron chi connectivity index (χ4n) is 3.32. The van der Waals surface area contributed by atoms with Crippen LogP contribution < -0.4 is 5.73 Å². The van der Waals surface area contributed by atoms with Crippen molar-refractivity contribution in [1.82, 2.24) is 0 Å². The lowest BCUT2D eigenvalue weighted by molar-refractivity contribution is -0.0424. The monoisotopic (exact) mass is 227 g/mol. The van der Waals surface area contributed by atoms with E-state index in [0.29, 0.717) is 12.6 Å². The summed E-state index contributed by atoms with van der Waals surface area (Å²) < 4.78 is 5.87. The van der Waals surface area contributed by atoms with E-state index in [4.69, 9.17) is 10.5 Å². The topological polar surface area (TPSA) is 55.5 Å². The molecule has 2 aliphatic rings. The minimum absolute atomic E-state index is 0.142. The zero-order valence-electron chi connectivity index (χ0n) is 10.7. The molecule has 0 aliphatic carbocycles. The second-order valence-corrected chi connectivity index (χ2v) is 6.75. The first-order valence-corrected chi connectivity index (χ1v) is 6.41. The first-order chi connectivity index (χ1) is 7.37. The van der Waals surface area contributed by atoms with Crippen LogP contribution in [0.3, 0.4) is 0 Å². The van der Waals surface area contributed by atoms with Gasteiger partial charge in [0.2, 0.25) is 0 Å². The maximum Gasteiger partial charge on any atom is 0.0673 e. The van der Waals surface area contributed by atoms with Crippen molar-refractivity contribution in [1.29, 1.82) is 0 Å². The van der Waals surface area contributed by atoms with Crippen LogP contribution in [-0.4, -0.2) is 30.0 Å². The van der Waals surface area contributed by atoms with Crippen LogP contribution in [0.4, 0.5) is 0 Å². The summed E-state index contributed by atoms with van der Waals surface area (Å²) in [5.41, 5.74) is 5.91. The molecular formula is C13H25NO2. The summed E-state index contributed by atoms with van der Waals surface area (Å²) in [4.78, 5) is 0. The average molecular weight is 227 g/mol. The average Bonchev–Trinajstić information content (AvgIpc) is 2.74. The van der Waals surface area contributed by atoms with Crippen LogP contribution in [0, 0.1) is 10.8 Å². The lowest BCUT2D eigenvalue weighted by Gasteiger charge is -2.40. The van der Waals surface area contributed by atoms with Gasteiger partial charge < -0.3 is 15.6 Å². The van der Waals surface area contributed by atoms with Crippen LogP contribution >= 0.6 is 0 Å². The molecule has 0 aromatic heterocycles. The fourth-order valence-corrected chi connectivity index (χ4v) is 3.32. The SMILES string of the molecule is CC(C)(C)CC(O)C1(CN)CC2CCC1O2. The van der Waals surface area contributed by atoms with Crippen molar-refractivity contribution in [2.45, 2.75) is 64.8 Å². The lowest BCUT2D eigenvalue weighted by atomic mass is 9.67. The molecule has 0 aromatic carbocycles. The maximum absolute atomic E-state index is 10.5. The first kappa shape index (κ1) is 12.3. The van der Waals surface area contributed by atoms with Gasteiger partial charge in [-0.15, -0.1) is 0 Å². The Morgan fingerprint density at radius 3 is 2.50 bits per heavy atom. The number of ether oxygens (including phenoxy) is 1.